The standard InChI is InChI=1S/C6H15N4.Co.2HNO2/c7-1-4-10(5-2-8)6-3-9;;2*2-1-3/h7-9H,1-6H2;;2*(H,2,3)/q-3;;;/p-2. The SMILES string of the molecule is O=N[O-].O=N[O-].[Co].[NH-]CCN(CC[NH-])CC[NH-]. The van der Waals surface area contributed by atoms with E-state index < -0.39 is 0 Å². The molecule has 0 spiro atoms. The predicted octanol–water partition coefficient (Wildman–Crippen LogP) is 1.94. The van der Waals surface area contributed by atoms with Crippen LogP contribution in [0.4, 0.5) is 0 Å². The Kier molecular flexibility index (Phi) is 43.5. The van der Waals surface area contributed by atoms with Crippen LogP contribution in [0.25, 0.3) is 17.2 Å². The van der Waals surface area contributed by atoms with Gasteiger partial charge in [-0.1, -0.05) is 0 Å². The fourth-order valence-electron chi connectivity index (χ4n) is 0.810. The summed E-state index contributed by atoms with van der Waals surface area (Å²) in [7, 11) is 0. The largest absolute Gasteiger partial charge is 0.676 e. The monoisotopic (exact) mass is 294 g/mol. The third-order valence-corrected chi connectivity index (χ3v) is 1.28. The van der Waals surface area contributed by atoms with Crippen LogP contribution in [0.2, 0.25) is 0 Å². The van der Waals surface area contributed by atoms with Gasteiger partial charge in [-0.05, 0) is 19.6 Å². The van der Waals surface area contributed by atoms with Crippen LogP contribution >= 0.6 is 0 Å². The molecular weight excluding hydrogens is 279 g/mol. The van der Waals surface area contributed by atoms with E-state index in [1.54, 1.807) is 0 Å². The number of hydrogen-bond acceptors (Lipinski definition) is 7. The molecule has 0 aromatic rings. The van der Waals surface area contributed by atoms with Gasteiger partial charge in [-0.3, -0.25) is 0 Å². The molecule has 0 aliphatic carbocycles. The van der Waals surface area contributed by atoms with Crippen molar-refractivity contribution < 1.29 is 16.8 Å². The van der Waals surface area contributed by atoms with Gasteiger partial charge in [0.15, 0.2) is 0 Å². The Morgan fingerprint density at radius 3 is 1.12 bits per heavy atom. The maximum Gasteiger partial charge on any atom is 0 e. The van der Waals surface area contributed by atoms with Crippen molar-refractivity contribution in [3.8, 4) is 0 Å². The summed E-state index contributed by atoms with van der Waals surface area (Å²) in [4.78, 5) is 18.0. The van der Waals surface area contributed by atoms with Crippen molar-refractivity contribution in [3.05, 3.63) is 37.4 Å². The fourth-order valence-corrected chi connectivity index (χ4v) is 0.810. The number of nitrogens with one attached hydrogen (secondary N) is 3. The first-order valence-corrected chi connectivity index (χ1v) is 4.24. The molecule has 0 aromatic carbocycles. The molecular formula is C6H15CoN6O4-5. The van der Waals surface area contributed by atoms with E-state index in [1.807, 2.05) is 4.90 Å². The molecule has 0 atom stereocenters. The van der Waals surface area contributed by atoms with Crippen LogP contribution < -0.4 is 0 Å². The summed E-state index contributed by atoms with van der Waals surface area (Å²) in [6.07, 6.45) is 0. The summed E-state index contributed by atoms with van der Waals surface area (Å²) in [5.41, 5.74) is 20.8. The molecule has 0 aliphatic rings. The second-order valence-electron chi connectivity index (χ2n) is 2.24. The number of rotatable bonds is 6. The molecule has 1 radical (unpaired) electrons. The first kappa shape index (κ1) is 25.1. The van der Waals surface area contributed by atoms with E-state index in [0.717, 1.165) is 10.7 Å². The zero-order chi connectivity index (χ0) is 13.2. The van der Waals surface area contributed by atoms with Gasteiger partial charge in [0.1, 0.15) is 0 Å². The Labute approximate surface area is 110 Å². The molecule has 3 N–H and O–H groups in total. The molecule has 0 saturated carbocycles. The van der Waals surface area contributed by atoms with Crippen molar-refractivity contribution in [2.24, 2.45) is 10.7 Å². The summed E-state index contributed by atoms with van der Waals surface area (Å²) < 4.78 is 0. The Morgan fingerprint density at radius 1 is 0.824 bits per heavy atom. The van der Waals surface area contributed by atoms with Crippen molar-refractivity contribution >= 4 is 0 Å². The van der Waals surface area contributed by atoms with Gasteiger partial charge < -0.3 is 42.3 Å². The van der Waals surface area contributed by atoms with Crippen LogP contribution in [0.5, 0.6) is 0 Å². The van der Waals surface area contributed by atoms with Gasteiger partial charge in [-0.15, -0.1) is 30.3 Å². The Bertz CT molecular complexity index is 123. The van der Waals surface area contributed by atoms with Gasteiger partial charge in [0.25, 0.3) is 0 Å². The topological polar surface area (TPSA) is 180 Å². The normalized spacial score (nSPS) is 7.76. The van der Waals surface area contributed by atoms with Gasteiger partial charge in [-0.2, -0.15) is 0 Å². The molecule has 0 amide bonds. The molecule has 107 valence electrons. The van der Waals surface area contributed by atoms with E-state index in [9.17, 15) is 0 Å². The Balaban J connectivity index is -0.000000102. The molecule has 0 fully saturated rings. The third kappa shape index (κ3) is 39.4. The summed E-state index contributed by atoms with van der Waals surface area (Å²) in [6, 6.07) is 0. The quantitative estimate of drug-likeness (QED) is 0.535. The predicted molar refractivity (Wildman–Crippen MR) is 62.3 cm³/mol. The summed E-state index contributed by atoms with van der Waals surface area (Å²) in [6.45, 7) is 3.24. The maximum absolute atomic E-state index is 8.00. The van der Waals surface area contributed by atoms with Crippen LogP contribution in [0.1, 0.15) is 0 Å². The molecule has 0 bridgehead atoms. The van der Waals surface area contributed by atoms with E-state index in [2.05, 4.69) is 0 Å². The van der Waals surface area contributed by atoms with Crippen LogP contribution in [-0.4, -0.2) is 44.2 Å². The summed E-state index contributed by atoms with van der Waals surface area (Å²) in [5, 5.41) is 18.0. The second-order valence-corrected chi connectivity index (χ2v) is 2.24. The first-order chi connectivity index (χ1) is 7.67. The molecule has 11 heteroatoms. The molecule has 10 nitrogen and oxygen atoms in total. The fraction of sp³-hybridized carbons (Fsp3) is 1.00. The molecule has 0 heterocycles. The minimum atomic E-state index is 0. The van der Waals surface area contributed by atoms with Crippen LogP contribution in [0, 0.1) is 20.2 Å². The minimum absolute atomic E-state index is 0. The van der Waals surface area contributed by atoms with Crippen LogP contribution in [-0.2, 0) is 16.8 Å². The zero-order valence-electron chi connectivity index (χ0n) is 9.05. The van der Waals surface area contributed by atoms with E-state index >= 15 is 0 Å². The van der Waals surface area contributed by atoms with Crippen molar-refractivity contribution in [3.63, 3.8) is 0 Å². The van der Waals surface area contributed by atoms with Crippen molar-refractivity contribution in [2.45, 2.75) is 0 Å². The van der Waals surface area contributed by atoms with Crippen molar-refractivity contribution in [1.82, 2.24) is 4.90 Å². The van der Waals surface area contributed by atoms with Crippen molar-refractivity contribution in [1.29, 1.82) is 0 Å². The summed E-state index contributed by atoms with van der Waals surface area (Å²) in [5.74, 6) is 0. The van der Waals surface area contributed by atoms with Gasteiger partial charge >= 0.3 is 0 Å². The van der Waals surface area contributed by atoms with Gasteiger partial charge in [0, 0.05) is 16.8 Å². The number of nitrogens with zero attached hydrogens (tertiary/aromatic N) is 3. The zero-order valence-corrected chi connectivity index (χ0v) is 10.1. The van der Waals surface area contributed by atoms with E-state index in [-0.39, 0.29) is 16.8 Å². The Morgan fingerprint density at radius 2 is 1.00 bits per heavy atom. The Hall–Kier alpha value is -0.854. The summed E-state index contributed by atoms with van der Waals surface area (Å²) >= 11 is 0. The average Bonchev–Trinajstić information content (AvgIpc) is 2.21. The van der Waals surface area contributed by atoms with Gasteiger partial charge in [0.2, 0.25) is 0 Å². The molecule has 0 unspecified atom stereocenters. The number of hydrogen-bond donors (Lipinski definition) is 0. The smallest absolute Gasteiger partial charge is 0 e. The van der Waals surface area contributed by atoms with Crippen molar-refractivity contribution in [2.75, 3.05) is 39.3 Å². The molecule has 17 heavy (non-hydrogen) atoms. The molecule has 0 aromatic heterocycles. The van der Waals surface area contributed by atoms with Crippen LogP contribution in [0.3, 0.4) is 0 Å². The second kappa shape index (κ2) is 29.4. The maximum atomic E-state index is 8.00. The minimum Gasteiger partial charge on any atom is -0.676 e. The van der Waals surface area contributed by atoms with E-state index in [4.69, 9.17) is 37.4 Å². The van der Waals surface area contributed by atoms with Gasteiger partial charge in [-0.25, -0.2) is 0 Å². The molecule has 0 saturated heterocycles. The average molecular weight is 294 g/mol. The van der Waals surface area contributed by atoms with E-state index in [0.29, 0.717) is 39.3 Å². The van der Waals surface area contributed by atoms with E-state index in [1.165, 1.54) is 0 Å². The first-order valence-electron chi connectivity index (χ1n) is 4.24. The molecule has 0 rings (SSSR count). The molecule has 0 aliphatic heterocycles. The van der Waals surface area contributed by atoms with Gasteiger partial charge in [0.05, 0.1) is 0 Å². The van der Waals surface area contributed by atoms with Crippen LogP contribution in [0.15, 0.2) is 10.7 Å². The third-order valence-electron chi connectivity index (χ3n) is 1.28.